The molecule has 5 heteroatoms. The molecule has 120 valence electrons. The molecule has 0 bridgehead atoms. The molecule has 1 rings (SSSR count). The van der Waals surface area contributed by atoms with Gasteiger partial charge in [-0.15, -0.1) is 0 Å². The minimum Gasteiger partial charge on any atom is -0.329 e. The van der Waals surface area contributed by atoms with Crippen molar-refractivity contribution in [3.05, 3.63) is 35.9 Å². The number of benzene rings is 1. The molecule has 0 aliphatic rings. The second-order valence-electron chi connectivity index (χ2n) is 6.56. The topological polar surface area (TPSA) is 72.2 Å². The lowest BCUT2D eigenvalue weighted by Crippen LogP contribution is -2.52. The van der Waals surface area contributed by atoms with Crippen LogP contribution in [0.4, 0.5) is 0 Å². The van der Waals surface area contributed by atoms with Gasteiger partial charge in [-0.05, 0) is 30.7 Å². The van der Waals surface area contributed by atoms with Gasteiger partial charge in [0.05, 0.1) is 5.75 Å². The van der Waals surface area contributed by atoms with Crippen molar-refractivity contribution >= 4 is 10.0 Å². The van der Waals surface area contributed by atoms with E-state index in [1.165, 1.54) is 0 Å². The molecule has 0 saturated heterocycles. The summed E-state index contributed by atoms with van der Waals surface area (Å²) >= 11 is 0. The molecule has 0 aliphatic carbocycles. The van der Waals surface area contributed by atoms with Crippen molar-refractivity contribution in [2.45, 2.75) is 45.6 Å². The first-order valence-electron chi connectivity index (χ1n) is 7.44. The lowest BCUT2D eigenvalue weighted by atomic mass is 9.92. The maximum absolute atomic E-state index is 12.4. The molecular formula is C16H28N2O2S. The van der Waals surface area contributed by atoms with Gasteiger partial charge < -0.3 is 5.73 Å². The van der Waals surface area contributed by atoms with E-state index in [0.717, 1.165) is 12.0 Å². The van der Waals surface area contributed by atoms with Crippen LogP contribution in [0.2, 0.25) is 0 Å². The lowest BCUT2D eigenvalue weighted by Gasteiger charge is -2.31. The van der Waals surface area contributed by atoms with Crippen molar-refractivity contribution in [1.82, 2.24) is 4.72 Å². The molecule has 2 unspecified atom stereocenters. The summed E-state index contributed by atoms with van der Waals surface area (Å²) in [4.78, 5) is 0. The highest BCUT2D eigenvalue weighted by atomic mass is 32.2. The maximum atomic E-state index is 12.4. The Kier molecular flexibility index (Phi) is 6.38. The highest BCUT2D eigenvalue weighted by molar-refractivity contribution is 7.89. The standard InChI is InChI=1S/C16H28N2O2S/c1-13(2)10-16(4,12-17)18-21(19,20)11-14(3)15-8-6-5-7-9-15/h5-9,13-14,18H,10-12,17H2,1-4H3. The third-order valence-electron chi connectivity index (χ3n) is 3.55. The van der Waals surface area contributed by atoms with Crippen LogP contribution in [0.5, 0.6) is 0 Å². The summed E-state index contributed by atoms with van der Waals surface area (Å²) in [6.45, 7) is 8.22. The Morgan fingerprint density at radius 2 is 1.76 bits per heavy atom. The van der Waals surface area contributed by atoms with Gasteiger partial charge in [-0.2, -0.15) is 0 Å². The molecule has 0 heterocycles. The molecular weight excluding hydrogens is 284 g/mol. The average molecular weight is 312 g/mol. The van der Waals surface area contributed by atoms with E-state index in [1.54, 1.807) is 0 Å². The van der Waals surface area contributed by atoms with E-state index in [0.29, 0.717) is 12.5 Å². The summed E-state index contributed by atoms with van der Waals surface area (Å²) in [6, 6.07) is 9.69. The fourth-order valence-corrected chi connectivity index (χ4v) is 4.54. The van der Waals surface area contributed by atoms with Crippen LogP contribution in [0.25, 0.3) is 0 Å². The van der Waals surface area contributed by atoms with Crippen molar-refractivity contribution in [3.8, 4) is 0 Å². The smallest absolute Gasteiger partial charge is 0.212 e. The van der Waals surface area contributed by atoms with Gasteiger partial charge in [0.2, 0.25) is 10.0 Å². The van der Waals surface area contributed by atoms with Gasteiger partial charge in [0.15, 0.2) is 0 Å². The molecule has 21 heavy (non-hydrogen) atoms. The van der Waals surface area contributed by atoms with E-state index in [2.05, 4.69) is 18.6 Å². The van der Waals surface area contributed by atoms with Crippen LogP contribution < -0.4 is 10.5 Å². The number of hydrogen-bond acceptors (Lipinski definition) is 3. The summed E-state index contributed by atoms with van der Waals surface area (Å²) in [6.07, 6.45) is 0.725. The Morgan fingerprint density at radius 1 is 1.19 bits per heavy atom. The van der Waals surface area contributed by atoms with Gasteiger partial charge in [0.1, 0.15) is 0 Å². The highest BCUT2D eigenvalue weighted by Crippen LogP contribution is 2.20. The van der Waals surface area contributed by atoms with Crippen molar-refractivity contribution in [2.75, 3.05) is 12.3 Å². The fourth-order valence-electron chi connectivity index (χ4n) is 2.69. The van der Waals surface area contributed by atoms with Crippen LogP contribution in [-0.2, 0) is 10.0 Å². The zero-order valence-electron chi connectivity index (χ0n) is 13.5. The van der Waals surface area contributed by atoms with E-state index < -0.39 is 15.6 Å². The SMILES string of the molecule is CC(C)CC(C)(CN)NS(=O)(=O)CC(C)c1ccccc1. The first-order valence-corrected chi connectivity index (χ1v) is 9.09. The molecule has 1 aromatic rings. The highest BCUT2D eigenvalue weighted by Gasteiger charge is 2.30. The second-order valence-corrected chi connectivity index (χ2v) is 8.32. The Labute approximate surface area is 129 Å². The van der Waals surface area contributed by atoms with E-state index in [1.807, 2.05) is 44.2 Å². The fraction of sp³-hybridized carbons (Fsp3) is 0.625. The van der Waals surface area contributed by atoms with Gasteiger partial charge in [0.25, 0.3) is 0 Å². The van der Waals surface area contributed by atoms with Gasteiger partial charge in [-0.25, -0.2) is 13.1 Å². The van der Waals surface area contributed by atoms with Crippen LogP contribution >= 0.6 is 0 Å². The first-order chi connectivity index (χ1) is 9.67. The van der Waals surface area contributed by atoms with E-state index in [4.69, 9.17) is 5.73 Å². The lowest BCUT2D eigenvalue weighted by molar-refractivity contribution is 0.344. The summed E-state index contributed by atoms with van der Waals surface area (Å²) in [5.74, 6) is 0.405. The zero-order valence-corrected chi connectivity index (χ0v) is 14.3. The number of hydrogen-bond donors (Lipinski definition) is 2. The monoisotopic (exact) mass is 312 g/mol. The number of nitrogens with one attached hydrogen (secondary N) is 1. The molecule has 0 saturated carbocycles. The summed E-state index contributed by atoms with van der Waals surface area (Å²) in [5, 5.41) is 0. The Bertz CT molecular complexity index is 528. The van der Waals surface area contributed by atoms with Crippen LogP contribution in [0.15, 0.2) is 30.3 Å². The normalized spacial score (nSPS) is 16.7. The van der Waals surface area contributed by atoms with E-state index in [-0.39, 0.29) is 11.7 Å². The molecule has 4 nitrogen and oxygen atoms in total. The molecule has 0 fully saturated rings. The molecule has 2 atom stereocenters. The number of rotatable bonds is 8. The minimum absolute atomic E-state index is 0.0511. The third-order valence-corrected chi connectivity index (χ3v) is 5.29. The average Bonchev–Trinajstić information content (AvgIpc) is 2.37. The number of nitrogens with two attached hydrogens (primary N) is 1. The number of sulfonamides is 1. The first kappa shape index (κ1) is 18.1. The third kappa shape index (κ3) is 6.16. The van der Waals surface area contributed by atoms with Crippen molar-refractivity contribution in [2.24, 2.45) is 11.7 Å². The quantitative estimate of drug-likeness (QED) is 0.774. The second kappa shape index (κ2) is 7.38. The van der Waals surface area contributed by atoms with Gasteiger partial charge in [-0.3, -0.25) is 0 Å². The van der Waals surface area contributed by atoms with Crippen LogP contribution in [0.3, 0.4) is 0 Å². The molecule has 0 aromatic heterocycles. The van der Waals surface area contributed by atoms with Crippen molar-refractivity contribution in [3.63, 3.8) is 0 Å². The van der Waals surface area contributed by atoms with Gasteiger partial charge >= 0.3 is 0 Å². The van der Waals surface area contributed by atoms with Gasteiger partial charge in [-0.1, -0.05) is 51.1 Å². The predicted octanol–water partition coefficient (Wildman–Crippen LogP) is 2.47. The Morgan fingerprint density at radius 3 is 2.24 bits per heavy atom. The minimum atomic E-state index is -3.37. The van der Waals surface area contributed by atoms with E-state index in [9.17, 15) is 8.42 Å². The van der Waals surface area contributed by atoms with Crippen LogP contribution in [-0.4, -0.2) is 26.3 Å². The van der Waals surface area contributed by atoms with Gasteiger partial charge in [0, 0.05) is 12.1 Å². The Balaban J connectivity index is 2.77. The largest absolute Gasteiger partial charge is 0.329 e. The molecule has 0 aliphatic heterocycles. The zero-order chi connectivity index (χ0) is 16.1. The van der Waals surface area contributed by atoms with E-state index >= 15 is 0 Å². The molecule has 3 N–H and O–H groups in total. The summed E-state index contributed by atoms with van der Waals surface area (Å²) < 4.78 is 27.6. The molecule has 0 radical (unpaired) electrons. The molecule has 1 aromatic carbocycles. The maximum Gasteiger partial charge on any atom is 0.212 e. The molecule has 0 amide bonds. The summed E-state index contributed by atoms with van der Waals surface area (Å²) in [5.41, 5.74) is 6.23. The van der Waals surface area contributed by atoms with Crippen molar-refractivity contribution < 1.29 is 8.42 Å². The predicted molar refractivity (Wildman–Crippen MR) is 88.7 cm³/mol. The summed E-state index contributed by atoms with van der Waals surface area (Å²) in [7, 11) is -3.37. The molecule has 0 spiro atoms. The van der Waals surface area contributed by atoms with Crippen LogP contribution in [0.1, 0.15) is 45.6 Å². The van der Waals surface area contributed by atoms with Crippen LogP contribution in [0, 0.1) is 5.92 Å². The Hall–Kier alpha value is -0.910. The van der Waals surface area contributed by atoms with Crippen molar-refractivity contribution in [1.29, 1.82) is 0 Å².